The number of carbonyl (C=O) groups is 1. The average molecular weight is 313 g/mol. The van der Waals surface area contributed by atoms with Gasteiger partial charge in [0, 0.05) is 24.5 Å². The van der Waals surface area contributed by atoms with Gasteiger partial charge in [-0.3, -0.25) is 4.79 Å². The molecule has 0 heterocycles. The molecule has 0 aliphatic rings. The van der Waals surface area contributed by atoms with Crippen molar-refractivity contribution in [2.75, 3.05) is 37.1 Å². The summed E-state index contributed by atoms with van der Waals surface area (Å²) in [6.45, 7) is 2.89. The van der Waals surface area contributed by atoms with Gasteiger partial charge >= 0.3 is 0 Å². The monoisotopic (exact) mass is 313 g/mol. The van der Waals surface area contributed by atoms with Gasteiger partial charge in [-0.25, -0.2) is 0 Å². The Morgan fingerprint density at radius 3 is 2.67 bits per heavy atom. The van der Waals surface area contributed by atoms with Crippen molar-refractivity contribution in [3.8, 4) is 5.75 Å². The fourth-order valence-electron chi connectivity index (χ4n) is 1.55. The quantitative estimate of drug-likeness (QED) is 0.693. The minimum absolute atomic E-state index is 0.00477. The van der Waals surface area contributed by atoms with Gasteiger partial charge in [0.25, 0.3) is 0 Å². The van der Waals surface area contributed by atoms with Crippen LogP contribution >= 0.6 is 11.8 Å². The first kappa shape index (κ1) is 17.8. The highest BCUT2D eigenvalue weighted by atomic mass is 32.2. The molecule has 1 atom stereocenters. The topological polar surface area (TPSA) is 67.8 Å². The Bertz CT molecular complexity index is 411. The van der Waals surface area contributed by atoms with E-state index in [0.717, 1.165) is 11.4 Å². The highest BCUT2D eigenvalue weighted by Crippen LogP contribution is 2.16. The zero-order chi connectivity index (χ0) is 15.5. The number of nitrogens with one attached hydrogen (secondary N) is 1. The molecule has 0 aliphatic carbocycles. The van der Waals surface area contributed by atoms with Crippen LogP contribution in [0.2, 0.25) is 0 Å². The van der Waals surface area contributed by atoms with Crippen molar-refractivity contribution < 1.29 is 19.4 Å². The molecule has 0 bridgehead atoms. The third-order valence-corrected chi connectivity index (χ3v) is 3.24. The molecule has 118 valence electrons. The summed E-state index contributed by atoms with van der Waals surface area (Å²) in [5.41, 5.74) is 0.739. The molecule has 2 N–H and O–H groups in total. The second-order valence-corrected chi connectivity index (χ2v) is 5.43. The van der Waals surface area contributed by atoms with Crippen LogP contribution in [0.3, 0.4) is 0 Å². The first-order chi connectivity index (χ1) is 10.2. The number of ether oxygens (including phenoxy) is 2. The largest absolute Gasteiger partial charge is 0.491 e. The number of rotatable bonds is 10. The third-order valence-electron chi connectivity index (χ3n) is 2.63. The molecule has 0 spiro atoms. The lowest BCUT2D eigenvalue weighted by Crippen LogP contribution is -2.23. The van der Waals surface area contributed by atoms with Crippen molar-refractivity contribution in [1.82, 2.24) is 0 Å². The van der Waals surface area contributed by atoms with Crippen LogP contribution in [0.5, 0.6) is 5.75 Å². The normalized spacial score (nSPS) is 12.0. The van der Waals surface area contributed by atoms with Crippen molar-refractivity contribution >= 4 is 23.4 Å². The summed E-state index contributed by atoms with van der Waals surface area (Å²) in [5.74, 6) is 1.46. The van der Waals surface area contributed by atoms with Crippen LogP contribution in [-0.2, 0) is 9.53 Å². The zero-order valence-corrected chi connectivity index (χ0v) is 13.3. The van der Waals surface area contributed by atoms with Crippen LogP contribution in [0, 0.1) is 0 Å². The van der Waals surface area contributed by atoms with E-state index >= 15 is 0 Å². The molecule has 5 nitrogen and oxygen atoms in total. The Labute approximate surface area is 130 Å². The molecule has 0 aliphatic heterocycles. The van der Waals surface area contributed by atoms with Crippen molar-refractivity contribution in [2.24, 2.45) is 0 Å². The van der Waals surface area contributed by atoms with Crippen LogP contribution in [0.1, 0.15) is 13.3 Å². The first-order valence-electron chi connectivity index (χ1n) is 6.93. The van der Waals surface area contributed by atoms with Gasteiger partial charge in [-0.15, -0.1) is 0 Å². The Hall–Kier alpha value is -1.24. The van der Waals surface area contributed by atoms with E-state index < -0.39 is 6.10 Å². The van der Waals surface area contributed by atoms with Gasteiger partial charge in [-0.2, -0.15) is 11.8 Å². The van der Waals surface area contributed by atoms with Gasteiger partial charge in [0.2, 0.25) is 5.91 Å². The van der Waals surface area contributed by atoms with E-state index in [0.29, 0.717) is 18.8 Å². The molecule has 6 heteroatoms. The Balaban J connectivity index is 2.34. The number of hydrogen-bond donors (Lipinski definition) is 2. The fourth-order valence-corrected chi connectivity index (χ4v) is 1.94. The number of aliphatic hydroxyl groups is 1. The first-order valence-corrected chi connectivity index (χ1v) is 8.32. The fraction of sp³-hybridized carbons (Fsp3) is 0.533. The minimum Gasteiger partial charge on any atom is -0.491 e. The van der Waals surface area contributed by atoms with Gasteiger partial charge in [0.1, 0.15) is 18.5 Å². The molecule has 1 amide bonds. The summed E-state index contributed by atoms with van der Waals surface area (Å²) in [5, 5.41) is 12.4. The molecule has 0 fully saturated rings. The minimum atomic E-state index is -0.643. The van der Waals surface area contributed by atoms with Gasteiger partial charge < -0.3 is 19.9 Å². The summed E-state index contributed by atoms with van der Waals surface area (Å²) in [4.78, 5) is 11.6. The van der Waals surface area contributed by atoms with Gasteiger partial charge in [0.15, 0.2) is 0 Å². The van der Waals surface area contributed by atoms with E-state index in [-0.39, 0.29) is 19.1 Å². The summed E-state index contributed by atoms with van der Waals surface area (Å²) >= 11 is 1.64. The molecule has 21 heavy (non-hydrogen) atoms. The summed E-state index contributed by atoms with van der Waals surface area (Å²) < 4.78 is 10.5. The second-order valence-electron chi connectivity index (χ2n) is 4.44. The summed E-state index contributed by atoms with van der Waals surface area (Å²) in [7, 11) is 0. The van der Waals surface area contributed by atoms with Crippen molar-refractivity contribution in [2.45, 2.75) is 19.4 Å². The van der Waals surface area contributed by atoms with Crippen LogP contribution in [0.15, 0.2) is 24.3 Å². The number of carbonyl (C=O) groups excluding carboxylic acids is 1. The van der Waals surface area contributed by atoms with E-state index in [1.165, 1.54) is 0 Å². The number of benzene rings is 1. The predicted octanol–water partition coefficient (Wildman–Crippen LogP) is 2.15. The Morgan fingerprint density at radius 1 is 1.33 bits per heavy atom. The summed E-state index contributed by atoms with van der Waals surface area (Å²) in [6, 6.07) is 7.08. The zero-order valence-electron chi connectivity index (χ0n) is 12.5. The average Bonchev–Trinajstić information content (AvgIpc) is 2.50. The van der Waals surface area contributed by atoms with E-state index in [1.54, 1.807) is 36.0 Å². The lowest BCUT2D eigenvalue weighted by Gasteiger charge is -2.12. The Kier molecular flexibility index (Phi) is 8.89. The number of anilines is 1. The number of amides is 1. The SMILES string of the molecule is CCOCC(O)COc1ccc(NC(=O)CCSC)cc1. The number of thioether (sulfide) groups is 1. The van der Waals surface area contributed by atoms with E-state index in [2.05, 4.69) is 5.32 Å². The number of hydrogen-bond acceptors (Lipinski definition) is 5. The maximum atomic E-state index is 11.6. The van der Waals surface area contributed by atoms with E-state index in [9.17, 15) is 9.90 Å². The van der Waals surface area contributed by atoms with Crippen LogP contribution in [-0.4, -0.2) is 48.9 Å². The lowest BCUT2D eigenvalue weighted by molar-refractivity contribution is -0.115. The van der Waals surface area contributed by atoms with Crippen LogP contribution in [0.4, 0.5) is 5.69 Å². The molecule has 1 unspecified atom stereocenters. The molecular formula is C15H23NO4S. The maximum Gasteiger partial charge on any atom is 0.225 e. The molecule has 0 saturated carbocycles. The van der Waals surface area contributed by atoms with Crippen molar-refractivity contribution in [1.29, 1.82) is 0 Å². The highest BCUT2D eigenvalue weighted by molar-refractivity contribution is 7.98. The molecule has 1 aromatic rings. The van der Waals surface area contributed by atoms with Crippen LogP contribution in [0.25, 0.3) is 0 Å². The second kappa shape index (κ2) is 10.5. The van der Waals surface area contributed by atoms with Gasteiger partial charge in [-0.1, -0.05) is 0 Å². The van der Waals surface area contributed by atoms with Gasteiger partial charge in [-0.05, 0) is 37.4 Å². The molecule has 1 rings (SSSR count). The molecule has 0 radical (unpaired) electrons. The van der Waals surface area contributed by atoms with E-state index in [4.69, 9.17) is 9.47 Å². The Morgan fingerprint density at radius 2 is 2.05 bits per heavy atom. The number of aliphatic hydroxyl groups excluding tert-OH is 1. The molecular weight excluding hydrogens is 290 g/mol. The van der Waals surface area contributed by atoms with Crippen molar-refractivity contribution in [3.05, 3.63) is 24.3 Å². The smallest absolute Gasteiger partial charge is 0.225 e. The highest BCUT2D eigenvalue weighted by Gasteiger charge is 2.06. The maximum absolute atomic E-state index is 11.6. The van der Waals surface area contributed by atoms with Crippen LogP contribution < -0.4 is 10.1 Å². The molecule has 1 aromatic carbocycles. The predicted molar refractivity (Wildman–Crippen MR) is 86.1 cm³/mol. The van der Waals surface area contributed by atoms with E-state index in [1.807, 2.05) is 13.2 Å². The standard InChI is InChI=1S/C15H23NO4S/c1-3-19-10-13(17)11-20-14-6-4-12(5-7-14)16-15(18)8-9-21-2/h4-7,13,17H,3,8-11H2,1-2H3,(H,16,18). The third kappa shape index (κ3) is 7.94. The van der Waals surface area contributed by atoms with Crippen molar-refractivity contribution in [3.63, 3.8) is 0 Å². The lowest BCUT2D eigenvalue weighted by atomic mass is 10.3. The summed E-state index contributed by atoms with van der Waals surface area (Å²) in [6.07, 6.45) is 1.83. The molecule has 0 aromatic heterocycles. The molecule has 0 saturated heterocycles. The van der Waals surface area contributed by atoms with Gasteiger partial charge in [0.05, 0.1) is 6.61 Å².